The molecule has 0 spiro atoms. The molecule has 15 heavy (non-hydrogen) atoms. The van der Waals surface area contributed by atoms with E-state index in [1.807, 2.05) is 6.07 Å². The number of halogens is 1. The van der Waals surface area contributed by atoms with Crippen molar-refractivity contribution in [3.05, 3.63) is 38.9 Å². The third-order valence-electron chi connectivity index (χ3n) is 1.91. The highest BCUT2D eigenvalue weighted by molar-refractivity contribution is 6.30. The van der Waals surface area contributed by atoms with E-state index in [9.17, 15) is 10.1 Å². The quantitative estimate of drug-likeness (QED) is 0.627. The van der Waals surface area contributed by atoms with Gasteiger partial charge in [0, 0.05) is 23.7 Å². The summed E-state index contributed by atoms with van der Waals surface area (Å²) in [5.74, 6) is -0.567. The molecule has 0 aliphatic rings. The van der Waals surface area contributed by atoms with Crippen LogP contribution in [0.1, 0.15) is 11.5 Å². The number of nitro benzene ring substituents is 1. The third-order valence-corrected chi connectivity index (χ3v) is 2.13. The second kappa shape index (κ2) is 4.73. The third kappa shape index (κ3) is 2.65. The number of non-ortho nitro benzene ring substituents is 1. The van der Waals surface area contributed by atoms with Gasteiger partial charge in [0.2, 0.25) is 0 Å². The van der Waals surface area contributed by atoms with E-state index in [4.69, 9.17) is 22.6 Å². The van der Waals surface area contributed by atoms with Gasteiger partial charge in [0.25, 0.3) is 5.69 Å². The number of nitriles is 1. The van der Waals surface area contributed by atoms with Crippen molar-refractivity contribution >= 4 is 17.3 Å². The highest BCUT2D eigenvalue weighted by atomic mass is 35.5. The second-order valence-electron chi connectivity index (χ2n) is 2.92. The first-order chi connectivity index (χ1) is 7.08. The van der Waals surface area contributed by atoms with Gasteiger partial charge in [-0.2, -0.15) is 5.26 Å². The molecule has 2 N–H and O–H groups in total. The van der Waals surface area contributed by atoms with Crippen LogP contribution in [0.4, 0.5) is 5.69 Å². The van der Waals surface area contributed by atoms with Gasteiger partial charge in [-0.15, -0.1) is 0 Å². The smallest absolute Gasteiger partial charge is 0.271 e. The molecule has 0 radical (unpaired) electrons. The Hall–Kier alpha value is -1.64. The second-order valence-corrected chi connectivity index (χ2v) is 3.35. The lowest BCUT2D eigenvalue weighted by Gasteiger charge is -2.06. The summed E-state index contributed by atoms with van der Waals surface area (Å²) in [6.07, 6.45) is 0. The summed E-state index contributed by atoms with van der Waals surface area (Å²) >= 11 is 5.70. The number of hydrogen-bond donors (Lipinski definition) is 1. The van der Waals surface area contributed by atoms with Crippen LogP contribution >= 0.6 is 11.6 Å². The Morgan fingerprint density at radius 1 is 1.60 bits per heavy atom. The molecular formula is C9H8ClN3O2. The molecule has 0 aliphatic heterocycles. The Labute approximate surface area is 91.2 Å². The van der Waals surface area contributed by atoms with E-state index in [1.54, 1.807) is 0 Å². The lowest BCUT2D eigenvalue weighted by Crippen LogP contribution is -2.10. The van der Waals surface area contributed by atoms with Gasteiger partial charge in [-0.1, -0.05) is 11.6 Å². The van der Waals surface area contributed by atoms with Crippen molar-refractivity contribution in [1.29, 1.82) is 5.26 Å². The monoisotopic (exact) mass is 225 g/mol. The molecule has 0 aromatic heterocycles. The Morgan fingerprint density at radius 3 is 2.73 bits per heavy atom. The minimum atomic E-state index is -0.567. The summed E-state index contributed by atoms with van der Waals surface area (Å²) in [4.78, 5) is 9.98. The van der Waals surface area contributed by atoms with Crippen LogP contribution in [-0.4, -0.2) is 11.5 Å². The summed E-state index contributed by atoms with van der Waals surface area (Å²) in [6.45, 7) is 0.105. The molecule has 6 heteroatoms. The largest absolute Gasteiger partial charge is 0.329 e. The number of nitrogens with two attached hydrogens (primary N) is 1. The topological polar surface area (TPSA) is 93.0 Å². The van der Waals surface area contributed by atoms with E-state index in [-0.39, 0.29) is 17.3 Å². The minimum Gasteiger partial charge on any atom is -0.329 e. The molecule has 78 valence electrons. The van der Waals surface area contributed by atoms with E-state index in [1.165, 1.54) is 18.2 Å². The highest BCUT2D eigenvalue weighted by Gasteiger charge is 2.14. The molecule has 1 aromatic rings. The van der Waals surface area contributed by atoms with Crippen LogP contribution in [0.5, 0.6) is 0 Å². The van der Waals surface area contributed by atoms with Crippen molar-refractivity contribution in [2.75, 3.05) is 6.54 Å². The molecule has 1 aromatic carbocycles. The summed E-state index contributed by atoms with van der Waals surface area (Å²) in [5, 5.41) is 19.5. The van der Waals surface area contributed by atoms with Crippen LogP contribution in [0.3, 0.4) is 0 Å². The maximum absolute atomic E-state index is 10.5. The van der Waals surface area contributed by atoms with E-state index >= 15 is 0 Å². The van der Waals surface area contributed by atoms with E-state index in [0.717, 1.165) is 0 Å². The molecule has 0 bridgehead atoms. The first-order valence-corrected chi connectivity index (χ1v) is 4.51. The molecule has 1 rings (SSSR count). The summed E-state index contributed by atoms with van der Waals surface area (Å²) in [6, 6.07) is 6.01. The first-order valence-electron chi connectivity index (χ1n) is 4.13. The van der Waals surface area contributed by atoms with Crippen molar-refractivity contribution < 1.29 is 4.92 Å². The Kier molecular flexibility index (Phi) is 3.61. The number of nitro groups is 1. The number of nitrogens with zero attached hydrogens (tertiary/aromatic N) is 2. The zero-order valence-electron chi connectivity index (χ0n) is 7.68. The fourth-order valence-corrected chi connectivity index (χ4v) is 1.40. The summed E-state index contributed by atoms with van der Waals surface area (Å²) in [7, 11) is 0. The Balaban J connectivity index is 3.20. The van der Waals surface area contributed by atoms with Gasteiger partial charge >= 0.3 is 0 Å². The fourth-order valence-electron chi connectivity index (χ4n) is 1.17. The van der Waals surface area contributed by atoms with Crippen molar-refractivity contribution in [1.82, 2.24) is 0 Å². The molecule has 0 fully saturated rings. The molecule has 0 heterocycles. The molecule has 1 unspecified atom stereocenters. The van der Waals surface area contributed by atoms with Gasteiger partial charge in [0.1, 0.15) is 0 Å². The lowest BCUT2D eigenvalue weighted by molar-refractivity contribution is -0.384. The maximum atomic E-state index is 10.5. The van der Waals surface area contributed by atoms with Crippen molar-refractivity contribution in [2.45, 2.75) is 5.92 Å². The van der Waals surface area contributed by atoms with Crippen LogP contribution in [0.2, 0.25) is 5.02 Å². The predicted molar refractivity (Wildman–Crippen MR) is 55.5 cm³/mol. The van der Waals surface area contributed by atoms with Crippen LogP contribution < -0.4 is 5.73 Å². The van der Waals surface area contributed by atoms with E-state index in [0.29, 0.717) is 5.56 Å². The molecule has 0 amide bonds. The maximum Gasteiger partial charge on any atom is 0.271 e. The van der Waals surface area contributed by atoms with Gasteiger partial charge < -0.3 is 5.73 Å². The fraction of sp³-hybridized carbons (Fsp3) is 0.222. The van der Waals surface area contributed by atoms with Crippen LogP contribution in [0, 0.1) is 21.4 Å². The zero-order chi connectivity index (χ0) is 11.4. The summed E-state index contributed by atoms with van der Waals surface area (Å²) in [5.41, 5.74) is 5.69. The van der Waals surface area contributed by atoms with Crippen LogP contribution in [0.25, 0.3) is 0 Å². The zero-order valence-corrected chi connectivity index (χ0v) is 8.44. The highest BCUT2D eigenvalue weighted by Crippen LogP contribution is 2.25. The normalized spacial score (nSPS) is 11.8. The van der Waals surface area contributed by atoms with Gasteiger partial charge in [-0.05, 0) is 11.6 Å². The molecule has 5 nitrogen and oxygen atoms in total. The van der Waals surface area contributed by atoms with E-state index < -0.39 is 10.8 Å². The molecule has 0 saturated carbocycles. The van der Waals surface area contributed by atoms with Crippen molar-refractivity contribution in [2.24, 2.45) is 5.73 Å². The summed E-state index contributed by atoms with van der Waals surface area (Å²) < 4.78 is 0. The SMILES string of the molecule is N#CC(CN)c1cc(Cl)cc([N+](=O)[O-])c1. The first kappa shape index (κ1) is 11.4. The Morgan fingerprint density at radius 2 is 2.27 bits per heavy atom. The van der Waals surface area contributed by atoms with E-state index in [2.05, 4.69) is 0 Å². The molecule has 0 saturated heterocycles. The number of rotatable bonds is 3. The van der Waals surface area contributed by atoms with Gasteiger partial charge in [0.15, 0.2) is 0 Å². The molecular weight excluding hydrogens is 218 g/mol. The van der Waals surface area contributed by atoms with Crippen LogP contribution in [0.15, 0.2) is 18.2 Å². The predicted octanol–water partition coefficient (Wildman–Crippen LogP) is 1.81. The number of benzene rings is 1. The van der Waals surface area contributed by atoms with Gasteiger partial charge in [-0.25, -0.2) is 0 Å². The van der Waals surface area contributed by atoms with Crippen molar-refractivity contribution in [3.8, 4) is 6.07 Å². The number of hydrogen-bond acceptors (Lipinski definition) is 4. The molecule has 0 aliphatic carbocycles. The van der Waals surface area contributed by atoms with Crippen LogP contribution in [-0.2, 0) is 0 Å². The van der Waals surface area contributed by atoms with Crippen molar-refractivity contribution in [3.63, 3.8) is 0 Å². The molecule has 1 atom stereocenters. The standard InChI is InChI=1S/C9H8ClN3O2/c10-8-1-6(7(4-11)5-12)2-9(3-8)13(14)15/h1-3,7H,4,11H2. The van der Waals surface area contributed by atoms with Gasteiger partial charge in [-0.3, -0.25) is 10.1 Å². The lowest BCUT2D eigenvalue weighted by atomic mass is 10.0. The average Bonchev–Trinajstić information content (AvgIpc) is 2.18. The van der Waals surface area contributed by atoms with Gasteiger partial charge in [0.05, 0.1) is 16.9 Å². The minimum absolute atomic E-state index is 0.105. The average molecular weight is 226 g/mol. The Bertz CT molecular complexity index is 428.